The highest BCUT2D eigenvalue weighted by Gasteiger charge is 2.53. The van der Waals surface area contributed by atoms with Crippen molar-refractivity contribution in [2.24, 2.45) is 0 Å². The Hall–Kier alpha value is -9.18. The first-order valence-electron chi connectivity index (χ1n) is 24.6. The molecule has 0 N–H and O–H groups in total. The van der Waals surface area contributed by atoms with E-state index in [0.29, 0.717) is 0 Å². The summed E-state index contributed by atoms with van der Waals surface area (Å²) in [5, 5.41) is 2.21. The number of hydrogen-bond donors (Lipinski definition) is 0. The van der Waals surface area contributed by atoms with Gasteiger partial charge in [0.15, 0.2) is 0 Å². The molecule has 0 saturated heterocycles. The average molecular weight is 905 g/mol. The Morgan fingerprint density at radius 1 is 0.310 bits per heavy atom. The lowest BCUT2D eigenvalue weighted by molar-refractivity contribution is 0.669. The van der Waals surface area contributed by atoms with Crippen LogP contribution in [0.3, 0.4) is 0 Å². The average Bonchev–Trinajstić information content (AvgIpc) is 4.07. The van der Waals surface area contributed by atoms with E-state index >= 15 is 0 Å². The maximum Gasteiger partial charge on any atom is 0.137 e. The number of furan rings is 1. The van der Waals surface area contributed by atoms with E-state index < -0.39 is 10.8 Å². The third kappa shape index (κ3) is 5.43. The fourth-order valence-corrected chi connectivity index (χ4v) is 13.0. The third-order valence-electron chi connectivity index (χ3n) is 15.7. The lowest BCUT2D eigenvalue weighted by Crippen LogP contribution is -2.36. The van der Waals surface area contributed by atoms with Crippen LogP contribution < -0.4 is 9.80 Å². The van der Waals surface area contributed by atoms with E-state index in [1.807, 2.05) is 6.07 Å². The van der Waals surface area contributed by atoms with Crippen LogP contribution in [0.25, 0.3) is 44.2 Å². The molecule has 1 aliphatic heterocycles. The van der Waals surface area contributed by atoms with Crippen LogP contribution in [0.1, 0.15) is 44.5 Å². The molecule has 3 nitrogen and oxygen atoms in total. The quantitative estimate of drug-likeness (QED) is 0.159. The first-order valence-corrected chi connectivity index (χ1v) is 24.6. The molecule has 1 unspecified atom stereocenters. The first kappa shape index (κ1) is 39.8. The smallest absolute Gasteiger partial charge is 0.137 e. The van der Waals surface area contributed by atoms with Crippen molar-refractivity contribution in [3.8, 4) is 22.3 Å². The normalized spacial score (nSPS) is 15.5. The zero-order valence-electron chi connectivity index (χ0n) is 38.7. The standard InChI is InChI=1S/C68H44N2O/c1-5-20-45(21-6-1)67(46-22-7-2-8-23-46)58-31-15-13-28-52(58)53-39-36-49(42-60(53)67)69(51-38-41-56-55-29-14-18-35-64(55)71-65(56)44-51)50-37-40-54-57-30-19-34-63-66(57)68(61(54)43-50,47-24-9-3-10-25-47)59-32-16-17-33-62(59)70(63)48-26-11-4-12-27-48/h1-44H. The highest BCUT2D eigenvalue weighted by Crippen LogP contribution is 2.65. The Balaban J connectivity index is 1.02. The molecule has 3 aliphatic rings. The number of benzene rings is 11. The lowest BCUT2D eigenvalue weighted by atomic mass is 9.65. The summed E-state index contributed by atoms with van der Waals surface area (Å²) in [6, 6.07) is 98.6. The maximum atomic E-state index is 6.68. The summed E-state index contributed by atoms with van der Waals surface area (Å²) in [6.45, 7) is 0. The summed E-state index contributed by atoms with van der Waals surface area (Å²) in [5.74, 6) is 0. The van der Waals surface area contributed by atoms with Gasteiger partial charge in [0.2, 0.25) is 0 Å². The van der Waals surface area contributed by atoms with Crippen LogP contribution in [0, 0.1) is 0 Å². The van der Waals surface area contributed by atoms with Gasteiger partial charge < -0.3 is 14.2 Å². The molecular formula is C68H44N2O. The molecule has 0 fully saturated rings. The highest BCUT2D eigenvalue weighted by atomic mass is 16.3. The molecule has 12 aromatic rings. The Labute approximate surface area is 412 Å². The maximum absolute atomic E-state index is 6.68. The molecule has 3 heteroatoms. The van der Waals surface area contributed by atoms with Crippen LogP contribution in [0.15, 0.2) is 271 Å². The number of para-hydroxylation sites is 3. The van der Waals surface area contributed by atoms with E-state index in [9.17, 15) is 0 Å². The van der Waals surface area contributed by atoms with Gasteiger partial charge in [-0.15, -0.1) is 0 Å². The zero-order valence-corrected chi connectivity index (χ0v) is 38.7. The van der Waals surface area contributed by atoms with E-state index in [4.69, 9.17) is 4.42 Å². The largest absolute Gasteiger partial charge is 0.456 e. The van der Waals surface area contributed by atoms with E-state index in [1.54, 1.807) is 0 Å². The van der Waals surface area contributed by atoms with Crippen LogP contribution in [-0.2, 0) is 10.8 Å². The van der Waals surface area contributed by atoms with E-state index in [2.05, 4.69) is 271 Å². The molecule has 0 radical (unpaired) electrons. The van der Waals surface area contributed by atoms with Crippen LogP contribution >= 0.6 is 0 Å². The summed E-state index contributed by atoms with van der Waals surface area (Å²) in [7, 11) is 0. The minimum absolute atomic E-state index is 0.567. The van der Waals surface area contributed by atoms with E-state index in [-0.39, 0.29) is 0 Å². The zero-order chi connectivity index (χ0) is 46.7. The molecule has 0 amide bonds. The first-order chi connectivity index (χ1) is 35.2. The third-order valence-corrected chi connectivity index (χ3v) is 15.7. The van der Waals surface area contributed by atoms with Gasteiger partial charge in [-0.2, -0.15) is 0 Å². The molecule has 1 atom stereocenters. The highest BCUT2D eigenvalue weighted by molar-refractivity contribution is 6.06. The van der Waals surface area contributed by atoms with Gasteiger partial charge in [0.05, 0.1) is 22.2 Å². The molecule has 2 heterocycles. The van der Waals surface area contributed by atoms with Gasteiger partial charge in [0.1, 0.15) is 11.2 Å². The molecule has 0 saturated carbocycles. The molecule has 11 aromatic carbocycles. The van der Waals surface area contributed by atoms with Crippen molar-refractivity contribution in [2.45, 2.75) is 10.8 Å². The predicted octanol–water partition coefficient (Wildman–Crippen LogP) is 17.6. The van der Waals surface area contributed by atoms with Crippen molar-refractivity contribution < 1.29 is 4.42 Å². The molecule has 332 valence electrons. The SMILES string of the molecule is c1ccc(N2c3ccccc3C3(c4ccccc4)c4cc(N(c5ccc6c(c5)C(c5ccccc5)(c5ccccc5)c5ccccc5-6)c5ccc6c(c5)oc5ccccc56)ccc4-c4cccc2c43)cc1. The molecule has 2 aliphatic carbocycles. The van der Waals surface area contributed by atoms with Crippen molar-refractivity contribution in [2.75, 3.05) is 9.80 Å². The summed E-state index contributed by atoms with van der Waals surface area (Å²) in [4.78, 5) is 4.93. The van der Waals surface area contributed by atoms with Gasteiger partial charge >= 0.3 is 0 Å². The van der Waals surface area contributed by atoms with Crippen molar-refractivity contribution in [3.05, 3.63) is 311 Å². The van der Waals surface area contributed by atoms with Crippen molar-refractivity contribution in [3.63, 3.8) is 0 Å². The molecular weight excluding hydrogens is 861 g/mol. The Morgan fingerprint density at radius 2 is 0.789 bits per heavy atom. The molecule has 1 aromatic heterocycles. The summed E-state index contributed by atoms with van der Waals surface area (Å²) in [6.07, 6.45) is 0. The fourth-order valence-electron chi connectivity index (χ4n) is 13.0. The second kappa shape index (κ2) is 15.2. The minimum Gasteiger partial charge on any atom is -0.456 e. The van der Waals surface area contributed by atoms with Crippen molar-refractivity contribution in [1.29, 1.82) is 0 Å². The van der Waals surface area contributed by atoms with Crippen LogP contribution in [0.4, 0.5) is 34.1 Å². The molecule has 15 rings (SSSR count). The van der Waals surface area contributed by atoms with Crippen molar-refractivity contribution >= 4 is 56.1 Å². The van der Waals surface area contributed by atoms with Gasteiger partial charge in [0, 0.05) is 45.2 Å². The van der Waals surface area contributed by atoms with Crippen LogP contribution in [0.5, 0.6) is 0 Å². The van der Waals surface area contributed by atoms with Crippen molar-refractivity contribution in [1.82, 2.24) is 0 Å². The van der Waals surface area contributed by atoms with Gasteiger partial charge in [-0.05, 0) is 128 Å². The molecule has 0 bridgehead atoms. The van der Waals surface area contributed by atoms with Gasteiger partial charge in [0.25, 0.3) is 0 Å². The monoisotopic (exact) mass is 904 g/mol. The number of hydrogen-bond acceptors (Lipinski definition) is 3. The van der Waals surface area contributed by atoms with Gasteiger partial charge in [-0.1, -0.05) is 194 Å². The Kier molecular flexibility index (Phi) is 8.49. The second-order valence-electron chi connectivity index (χ2n) is 19.1. The Bertz CT molecular complexity index is 4030. The number of anilines is 6. The van der Waals surface area contributed by atoms with E-state index in [0.717, 1.165) is 44.7 Å². The van der Waals surface area contributed by atoms with Crippen LogP contribution in [0.2, 0.25) is 0 Å². The molecule has 0 spiro atoms. The summed E-state index contributed by atoms with van der Waals surface area (Å²) in [5.41, 5.74) is 22.3. The lowest BCUT2D eigenvalue weighted by Gasteiger charge is -2.44. The topological polar surface area (TPSA) is 19.6 Å². The minimum atomic E-state index is -0.621. The second-order valence-corrected chi connectivity index (χ2v) is 19.1. The van der Waals surface area contributed by atoms with Crippen LogP contribution in [-0.4, -0.2) is 0 Å². The van der Waals surface area contributed by atoms with Gasteiger partial charge in [-0.25, -0.2) is 0 Å². The predicted molar refractivity (Wildman–Crippen MR) is 291 cm³/mol. The Morgan fingerprint density at radius 3 is 1.49 bits per heavy atom. The summed E-state index contributed by atoms with van der Waals surface area (Å²) < 4.78 is 6.68. The van der Waals surface area contributed by atoms with E-state index in [1.165, 1.54) is 78.1 Å². The number of nitrogens with zero attached hydrogens (tertiary/aromatic N) is 2. The number of rotatable bonds is 7. The fraction of sp³-hybridized carbons (Fsp3) is 0.0294. The number of fused-ring (bicyclic) bond motifs is 11. The van der Waals surface area contributed by atoms with Gasteiger partial charge in [-0.3, -0.25) is 0 Å². The summed E-state index contributed by atoms with van der Waals surface area (Å²) >= 11 is 0. The molecule has 71 heavy (non-hydrogen) atoms.